The Bertz CT molecular complexity index is 1190. The summed E-state index contributed by atoms with van der Waals surface area (Å²) in [5.41, 5.74) is 10.3. The summed E-state index contributed by atoms with van der Waals surface area (Å²) in [5.74, 6) is 0.302. The molecule has 4 saturated heterocycles. The number of carbonyl (C=O) groups excluding carboxylic acids is 2. The first-order chi connectivity index (χ1) is 27.3. The summed E-state index contributed by atoms with van der Waals surface area (Å²) in [6.07, 6.45) is 35.3. The van der Waals surface area contributed by atoms with Gasteiger partial charge in [-0.25, -0.2) is 10.6 Å². The summed E-state index contributed by atoms with van der Waals surface area (Å²) in [5, 5.41) is 7.92. The van der Waals surface area contributed by atoms with E-state index in [1.165, 1.54) is 69.1 Å². The van der Waals surface area contributed by atoms with Crippen LogP contribution in [-0.2, 0) is 23.8 Å². The molecule has 10 heteroatoms. The van der Waals surface area contributed by atoms with Gasteiger partial charge in [0.25, 0.3) is 0 Å². The summed E-state index contributed by atoms with van der Waals surface area (Å²) in [4.78, 5) is 28.3. The van der Waals surface area contributed by atoms with Crippen LogP contribution in [0.5, 0.6) is 0 Å². The molecule has 0 radical (unpaired) electrons. The molecule has 5 rings (SSSR count). The molecule has 0 aromatic carbocycles. The number of Topliss-reactive ketones (excluding diaryl/α,β-unsaturated/α-hetero) is 1. The van der Waals surface area contributed by atoms with Crippen LogP contribution in [0.3, 0.4) is 0 Å². The maximum Gasteiger partial charge on any atom is 0.319 e. The molecule has 0 bridgehead atoms. The van der Waals surface area contributed by atoms with Crippen molar-refractivity contribution in [2.24, 2.45) is 23.3 Å². The Labute approximate surface area is 341 Å². The van der Waals surface area contributed by atoms with Gasteiger partial charge in [0, 0.05) is 31.6 Å². The topological polar surface area (TPSA) is 142 Å². The molecule has 0 aliphatic carbocycles. The second-order valence-electron chi connectivity index (χ2n) is 18.4. The molecule has 322 valence electrons. The number of carbonyl (C=O) groups is 2. The van der Waals surface area contributed by atoms with Gasteiger partial charge in [0.2, 0.25) is 6.29 Å². The lowest BCUT2D eigenvalue weighted by molar-refractivity contribution is -0.985. The number of unbranched alkanes of at least 4 members (excludes halogenated alkanes) is 13. The second-order valence-corrected chi connectivity index (χ2v) is 18.4. The number of allylic oxidation sites excluding steroid dienone is 1. The van der Waals surface area contributed by atoms with E-state index >= 15 is 0 Å². The van der Waals surface area contributed by atoms with Gasteiger partial charge in [-0.1, -0.05) is 96.1 Å². The van der Waals surface area contributed by atoms with Crippen molar-refractivity contribution >= 4 is 11.8 Å². The van der Waals surface area contributed by atoms with E-state index in [4.69, 9.17) is 25.7 Å². The van der Waals surface area contributed by atoms with E-state index in [1.807, 2.05) is 0 Å². The van der Waals surface area contributed by atoms with E-state index in [1.54, 1.807) is 0 Å². The molecule has 56 heavy (non-hydrogen) atoms. The predicted molar refractivity (Wildman–Crippen MR) is 225 cm³/mol. The molecule has 7 N–H and O–H groups in total. The smallest absolute Gasteiger partial charge is 0.319 e. The summed E-state index contributed by atoms with van der Waals surface area (Å²) < 4.78 is 19.8. The summed E-state index contributed by atoms with van der Waals surface area (Å²) >= 11 is 0. The molecule has 4 fully saturated rings. The molecule has 5 aliphatic rings. The first kappa shape index (κ1) is 45.7. The number of ketones is 1. The van der Waals surface area contributed by atoms with Crippen molar-refractivity contribution in [3.8, 4) is 0 Å². The third-order valence-electron chi connectivity index (χ3n) is 14.0. The minimum absolute atomic E-state index is 0.00145. The number of ether oxygens (including phenoxy) is 3. The van der Waals surface area contributed by atoms with Crippen LogP contribution in [0.25, 0.3) is 0 Å². The normalized spacial score (nSPS) is 33.0. The molecule has 10 nitrogen and oxygen atoms in total. The van der Waals surface area contributed by atoms with Gasteiger partial charge in [0.15, 0.2) is 5.92 Å². The lowest BCUT2D eigenvalue weighted by atomic mass is 9.79. The lowest BCUT2D eigenvalue weighted by Crippen LogP contribution is -3.29. The van der Waals surface area contributed by atoms with Gasteiger partial charge in [-0.05, 0) is 97.1 Å². The molecule has 5 heterocycles. The highest BCUT2D eigenvalue weighted by atomic mass is 16.6. The van der Waals surface area contributed by atoms with Crippen molar-refractivity contribution in [1.82, 2.24) is 10.6 Å². The van der Waals surface area contributed by atoms with Gasteiger partial charge in [-0.2, -0.15) is 0 Å². The number of rotatable bonds is 26. The summed E-state index contributed by atoms with van der Waals surface area (Å²) in [6.45, 7) is 6.25. The largest absolute Gasteiger partial charge is 0.465 e. The van der Waals surface area contributed by atoms with E-state index in [-0.39, 0.29) is 48.1 Å². The minimum Gasteiger partial charge on any atom is -0.465 e. The number of esters is 1. The van der Waals surface area contributed by atoms with E-state index in [2.05, 4.69) is 36.6 Å². The highest BCUT2D eigenvalue weighted by Gasteiger charge is 2.66. The molecular formula is C46H84N5O5+. The molecule has 3 unspecified atom stereocenters. The molecule has 5 aliphatic heterocycles. The SMILES string of the molecule is CC[C@H]1C=CCC[C@@]2(C[C@@H]3CC[C@@H]4[C@H](C(=O)OCCCCCCCCCCCCCCCC(=O)C(CCCN)CCCCN)[C@]5(CCC[C@@H](C)O5)NC(N2)[NH+]34)O1. The van der Waals surface area contributed by atoms with Crippen LogP contribution in [0.15, 0.2) is 12.2 Å². The highest BCUT2D eigenvalue weighted by Crippen LogP contribution is 2.42. The quantitative estimate of drug-likeness (QED) is 0.0353. The Morgan fingerprint density at radius 1 is 0.821 bits per heavy atom. The molecule has 0 amide bonds. The van der Waals surface area contributed by atoms with Crippen LogP contribution in [0.4, 0.5) is 0 Å². The molecular weight excluding hydrogens is 703 g/mol. The zero-order valence-electron chi connectivity index (χ0n) is 35.8. The monoisotopic (exact) mass is 787 g/mol. The van der Waals surface area contributed by atoms with Crippen LogP contribution >= 0.6 is 0 Å². The summed E-state index contributed by atoms with van der Waals surface area (Å²) in [6, 6.07) is 0.648. The Morgan fingerprint density at radius 2 is 1.50 bits per heavy atom. The van der Waals surface area contributed by atoms with E-state index in [9.17, 15) is 9.59 Å². The third-order valence-corrected chi connectivity index (χ3v) is 14.0. The molecule has 0 aromatic heterocycles. The van der Waals surface area contributed by atoms with Crippen LogP contribution in [0.2, 0.25) is 0 Å². The fourth-order valence-corrected chi connectivity index (χ4v) is 11.1. The van der Waals surface area contributed by atoms with E-state index < -0.39 is 5.72 Å². The molecule has 10 atom stereocenters. The van der Waals surface area contributed by atoms with Gasteiger partial charge in [-0.3, -0.25) is 9.59 Å². The standard InChI is InChI=1S/C46H83N5O5/c1-3-39-26-16-18-30-45(56-39)35-38-28-29-40-42(46(31-21-23-36(2)55-46)50-44(49-45)51(38)40)43(53)54-34-20-14-12-10-8-6-4-5-7-9-11-13-15-27-41(52)37(25-22-33-48)24-17-19-32-47/h16,26,36-40,42,44,49-50H,3-15,17-25,27-35,47-48H2,1-2H3/p+1/t36-,37?,38+,39+,40-,42-,44?,45+,46-/m1/s1. The van der Waals surface area contributed by atoms with Gasteiger partial charge in [-0.15, -0.1) is 0 Å². The maximum atomic E-state index is 14.1. The van der Waals surface area contributed by atoms with Crippen LogP contribution in [0.1, 0.15) is 194 Å². The van der Waals surface area contributed by atoms with Crippen LogP contribution in [-0.4, -0.2) is 73.5 Å². The fourth-order valence-electron chi connectivity index (χ4n) is 11.1. The van der Waals surface area contributed by atoms with E-state index in [0.717, 1.165) is 116 Å². The third kappa shape index (κ3) is 13.0. The van der Waals surface area contributed by atoms with Crippen molar-refractivity contribution in [1.29, 1.82) is 0 Å². The van der Waals surface area contributed by atoms with E-state index in [0.29, 0.717) is 31.5 Å². The Hall–Kier alpha value is -1.40. The Morgan fingerprint density at radius 3 is 2.18 bits per heavy atom. The number of quaternary nitrogens is 1. The lowest BCUT2D eigenvalue weighted by Gasteiger charge is -2.58. The molecule has 0 aromatic rings. The molecule has 0 saturated carbocycles. The summed E-state index contributed by atoms with van der Waals surface area (Å²) in [7, 11) is 0. The fraction of sp³-hybridized carbons (Fsp3) is 0.913. The minimum atomic E-state index is -0.694. The average molecular weight is 787 g/mol. The second kappa shape index (κ2) is 24.0. The Kier molecular flexibility index (Phi) is 19.6. The zero-order valence-corrected chi connectivity index (χ0v) is 35.8. The van der Waals surface area contributed by atoms with Crippen molar-refractivity contribution < 1.29 is 28.7 Å². The predicted octanol–water partition coefficient (Wildman–Crippen LogP) is 7.08. The van der Waals surface area contributed by atoms with Crippen molar-refractivity contribution in [2.45, 2.75) is 236 Å². The number of hydrogen-bond acceptors (Lipinski definition) is 9. The van der Waals surface area contributed by atoms with Gasteiger partial charge < -0.3 is 30.6 Å². The van der Waals surface area contributed by atoms with Gasteiger partial charge in [0.1, 0.15) is 23.3 Å². The maximum absolute atomic E-state index is 14.1. The first-order valence-corrected chi connectivity index (χ1v) is 23.9. The average Bonchev–Trinajstić information content (AvgIpc) is 3.49. The highest BCUT2D eigenvalue weighted by molar-refractivity contribution is 5.80. The van der Waals surface area contributed by atoms with Crippen LogP contribution < -0.4 is 27.0 Å². The van der Waals surface area contributed by atoms with Crippen molar-refractivity contribution in [3.63, 3.8) is 0 Å². The van der Waals surface area contributed by atoms with Gasteiger partial charge >= 0.3 is 5.97 Å². The van der Waals surface area contributed by atoms with Gasteiger partial charge in [0.05, 0.1) is 24.9 Å². The molecule has 2 spiro atoms. The van der Waals surface area contributed by atoms with Crippen molar-refractivity contribution in [2.75, 3.05) is 19.7 Å². The first-order valence-electron chi connectivity index (χ1n) is 23.9. The van der Waals surface area contributed by atoms with Crippen LogP contribution in [0, 0.1) is 11.8 Å². The Balaban J connectivity index is 0.933. The number of hydrogen-bond donors (Lipinski definition) is 5. The van der Waals surface area contributed by atoms with Crippen molar-refractivity contribution in [3.05, 3.63) is 12.2 Å². The number of nitrogens with two attached hydrogens (primary N) is 2. The number of nitrogens with one attached hydrogen (secondary N) is 3. The zero-order chi connectivity index (χ0) is 39.6.